The summed E-state index contributed by atoms with van der Waals surface area (Å²) in [5.41, 5.74) is 0.948. The van der Waals surface area contributed by atoms with Crippen molar-refractivity contribution < 1.29 is 38.1 Å². The van der Waals surface area contributed by atoms with Gasteiger partial charge in [0.15, 0.2) is 12.4 Å². The SMILES string of the molecule is CC(=O)OC[C@H]1O[C@@H](OCc2ccccc2)C[C@@H](OC(C)=O)[C@@H]1OC(C)=O. The number of benzene rings is 1. The van der Waals surface area contributed by atoms with Crippen LogP contribution in [0.2, 0.25) is 0 Å². The zero-order valence-corrected chi connectivity index (χ0v) is 15.6. The van der Waals surface area contributed by atoms with Crippen LogP contribution in [0.3, 0.4) is 0 Å². The van der Waals surface area contributed by atoms with Gasteiger partial charge < -0.3 is 23.7 Å². The summed E-state index contributed by atoms with van der Waals surface area (Å²) >= 11 is 0. The first-order valence-corrected chi connectivity index (χ1v) is 8.64. The van der Waals surface area contributed by atoms with Crippen LogP contribution in [0.15, 0.2) is 30.3 Å². The van der Waals surface area contributed by atoms with Crippen LogP contribution in [-0.4, -0.2) is 49.1 Å². The molecule has 1 fully saturated rings. The van der Waals surface area contributed by atoms with E-state index >= 15 is 0 Å². The molecule has 0 radical (unpaired) electrons. The van der Waals surface area contributed by atoms with Crippen LogP contribution in [0, 0.1) is 0 Å². The van der Waals surface area contributed by atoms with Crippen LogP contribution in [0.4, 0.5) is 0 Å². The maximum atomic E-state index is 11.5. The predicted molar refractivity (Wildman–Crippen MR) is 92.3 cm³/mol. The second kappa shape index (κ2) is 10.0. The number of carbonyl (C=O) groups is 3. The number of esters is 3. The Morgan fingerprint density at radius 2 is 1.67 bits per heavy atom. The molecule has 0 unspecified atom stereocenters. The van der Waals surface area contributed by atoms with E-state index in [1.54, 1.807) is 0 Å². The van der Waals surface area contributed by atoms with E-state index in [4.69, 9.17) is 23.7 Å². The molecule has 0 amide bonds. The molecule has 8 heteroatoms. The van der Waals surface area contributed by atoms with E-state index in [1.807, 2.05) is 30.3 Å². The second-order valence-corrected chi connectivity index (χ2v) is 6.16. The van der Waals surface area contributed by atoms with Gasteiger partial charge in [0.05, 0.1) is 6.61 Å². The largest absolute Gasteiger partial charge is 0.463 e. The highest BCUT2D eigenvalue weighted by Crippen LogP contribution is 2.27. The highest BCUT2D eigenvalue weighted by Gasteiger charge is 2.44. The number of hydrogen-bond acceptors (Lipinski definition) is 8. The third-order valence-corrected chi connectivity index (χ3v) is 3.83. The fourth-order valence-corrected chi connectivity index (χ4v) is 2.77. The molecule has 0 aliphatic carbocycles. The van der Waals surface area contributed by atoms with Gasteiger partial charge in [0, 0.05) is 27.2 Å². The normalized spacial score (nSPS) is 24.7. The minimum atomic E-state index is -0.901. The second-order valence-electron chi connectivity index (χ2n) is 6.16. The summed E-state index contributed by atoms with van der Waals surface area (Å²) in [5.74, 6) is -1.58. The molecular weight excluding hydrogens is 356 g/mol. The Morgan fingerprint density at radius 1 is 1.00 bits per heavy atom. The number of rotatable bonds is 7. The predicted octanol–water partition coefficient (Wildman–Crippen LogP) is 1.74. The summed E-state index contributed by atoms with van der Waals surface area (Å²) in [7, 11) is 0. The first-order valence-electron chi connectivity index (χ1n) is 8.64. The smallest absolute Gasteiger partial charge is 0.303 e. The molecule has 1 aliphatic rings. The molecule has 0 aromatic heterocycles. The fraction of sp³-hybridized carbons (Fsp3) is 0.526. The minimum absolute atomic E-state index is 0.157. The van der Waals surface area contributed by atoms with E-state index in [9.17, 15) is 14.4 Å². The van der Waals surface area contributed by atoms with Gasteiger partial charge in [0.2, 0.25) is 0 Å². The molecular formula is C19H24O8. The molecule has 4 atom stereocenters. The van der Waals surface area contributed by atoms with E-state index in [-0.39, 0.29) is 19.6 Å². The van der Waals surface area contributed by atoms with Gasteiger partial charge in [0.1, 0.15) is 18.8 Å². The fourth-order valence-electron chi connectivity index (χ4n) is 2.77. The van der Waals surface area contributed by atoms with Crippen molar-refractivity contribution in [2.45, 2.75) is 58.4 Å². The Labute approximate surface area is 157 Å². The maximum Gasteiger partial charge on any atom is 0.303 e. The summed E-state index contributed by atoms with van der Waals surface area (Å²) in [4.78, 5) is 34.1. The monoisotopic (exact) mass is 380 g/mol. The standard InChI is InChI=1S/C19H24O8/c1-12(20)23-11-17-19(26-14(3)22)16(25-13(2)21)9-18(27-17)24-10-15-7-5-4-6-8-15/h4-8,16-19H,9-11H2,1-3H3/t16-,17-,18-,19+/m1/s1. The summed E-state index contributed by atoms with van der Waals surface area (Å²) in [6, 6.07) is 9.50. The average molecular weight is 380 g/mol. The molecule has 0 bridgehead atoms. The lowest BCUT2D eigenvalue weighted by Gasteiger charge is -2.39. The van der Waals surface area contributed by atoms with Gasteiger partial charge in [-0.2, -0.15) is 0 Å². The van der Waals surface area contributed by atoms with E-state index in [2.05, 4.69) is 0 Å². The van der Waals surface area contributed by atoms with Crippen LogP contribution in [0.25, 0.3) is 0 Å². The minimum Gasteiger partial charge on any atom is -0.463 e. The zero-order chi connectivity index (χ0) is 19.8. The van der Waals surface area contributed by atoms with Gasteiger partial charge in [-0.1, -0.05) is 30.3 Å². The number of hydrogen-bond donors (Lipinski definition) is 0. The Kier molecular flexibility index (Phi) is 7.75. The number of carbonyl (C=O) groups excluding carboxylic acids is 3. The van der Waals surface area contributed by atoms with Crippen LogP contribution >= 0.6 is 0 Å². The molecule has 1 heterocycles. The maximum absolute atomic E-state index is 11.5. The van der Waals surface area contributed by atoms with E-state index in [1.165, 1.54) is 20.8 Å². The van der Waals surface area contributed by atoms with Crippen molar-refractivity contribution in [3.05, 3.63) is 35.9 Å². The molecule has 2 rings (SSSR count). The summed E-state index contributed by atoms with van der Waals surface area (Å²) in [5, 5.41) is 0. The Hall–Kier alpha value is -2.45. The Bertz CT molecular complexity index is 644. The summed E-state index contributed by atoms with van der Waals surface area (Å²) in [6.45, 7) is 3.90. The van der Waals surface area contributed by atoms with E-state index < -0.39 is 42.5 Å². The topological polar surface area (TPSA) is 97.4 Å². The van der Waals surface area contributed by atoms with Gasteiger partial charge in [-0.25, -0.2) is 0 Å². The molecule has 1 aromatic carbocycles. The zero-order valence-electron chi connectivity index (χ0n) is 15.6. The lowest BCUT2D eigenvalue weighted by molar-refractivity contribution is -0.269. The molecule has 0 saturated carbocycles. The Balaban J connectivity index is 2.10. The lowest BCUT2D eigenvalue weighted by atomic mass is 10.0. The van der Waals surface area contributed by atoms with E-state index in [0.717, 1.165) is 5.56 Å². The third kappa shape index (κ3) is 6.99. The first kappa shape index (κ1) is 20.9. The molecule has 0 N–H and O–H groups in total. The molecule has 0 spiro atoms. The third-order valence-electron chi connectivity index (χ3n) is 3.83. The van der Waals surface area contributed by atoms with Gasteiger partial charge in [-0.05, 0) is 5.56 Å². The highest BCUT2D eigenvalue weighted by molar-refractivity contribution is 5.67. The van der Waals surface area contributed by atoms with Crippen LogP contribution < -0.4 is 0 Å². The van der Waals surface area contributed by atoms with Gasteiger partial charge >= 0.3 is 17.9 Å². The van der Waals surface area contributed by atoms with Crippen molar-refractivity contribution >= 4 is 17.9 Å². The van der Waals surface area contributed by atoms with Crippen LogP contribution in [0.5, 0.6) is 0 Å². The first-order chi connectivity index (χ1) is 12.8. The summed E-state index contributed by atoms with van der Waals surface area (Å²) < 4.78 is 27.2. The van der Waals surface area contributed by atoms with Crippen molar-refractivity contribution in [3.63, 3.8) is 0 Å². The molecule has 1 aliphatic heterocycles. The van der Waals surface area contributed by atoms with Gasteiger partial charge in [0.25, 0.3) is 0 Å². The molecule has 148 valence electrons. The van der Waals surface area contributed by atoms with Crippen LogP contribution in [-0.2, 0) is 44.7 Å². The van der Waals surface area contributed by atoms with E-state index in [0.29, 0.717) is 0 Å². The van der Waals surface area contributed by atoms with Crippen molar-refractivity contribution in [2.75, 3.05) is 6.61 Å². The van der Waals surface area contributed by atoms with Crippen molar-refractivity contribution in [3.8, 4) is 0 Å². The molecule has 1 aromatic rings. The van der Waals surface area contributed by atoms with Gasteiger partial charge in [-0.3, -0.25) is 14.4 Å². The van der Waals surface area contributed by atoms with Gasteiger partial charge in [-0.15, -0.1) is 0 Å². The van der Waals surface area contributed by atoms with Crippen molar-refractivity contribution in [1.29, 1.82) is 0 Å². The molecule has 8 nitrogen and oxygen atoms in total. The average Bonchev–Trinajstić information content (AvgIpc) is 2.60. The molecule has 1 saturated heterocycles. The Morgan fingerprint density at radius 3 is 2.26 bits per heavy atom. The highest BCUT2D eigenvalue weighted by atomic mass is 16.7. The van der Waals surface area contributed by atoms with Crippen molar-refractivity contribution in [2.24, 2.45) is 0 Å². The summed E-state index contributed by atoms with van der Waals surface area (Å²) in [6.07, 6.45) is -3.04. The quantitative estimate of drug-likeness (QED) is 0.521. The lowest BCUT2D eigenvalue weighted by Crippen LogP contribution is -2.54. The molecule has 27 heavy (non-hydrogen) atoms. The number of ether oxygens (including phenoxy) is 5. The van der Waals surface area contributed by atoms with Crippen LogP contribution in [0.1, 0.15) is 32.8 Å². The van der Waals surface area contributed by atoms with Crippen molar-refractivity contribution in [1.82, 2.24) is 0 Å².